The highest BCUT2D eigenvalue weighted by molar-refractivity contribution is 9.10. The Morgan fingerprint density at radius 2 is 2.25 bits per heavy atom. The highest BCUT2D eigenvalue weighted by Gasteiger charge is 2.08. The number of aryl methyl sites for hydroxylation is 1. The second kappa shape index (κ2) is 4.81. The van der Waals surface area contributed by atoms with E-state index in [-0.39, 0.29) is 5.56 Å². The molecule has 6 heteroatoms. The molecule has 3 nitrogen and oxygen atoms in total. The minimum atomic E-state index is -0.0483. The monoisotopic (exact) mass is 362 g/mol. The third-order valence-electron chi connectivity index (χ3n) is 2.16. The molecule has 2 aromatic rings. The molecule has 0 fully saturated rings. The molecule has 0 unspecified atom stereocenters. The van der Waals surface area contributed by atoms with Crippen LogP contribution in [-0.4, -0.2) is 9.55 Å². The largest absolute Gasteiger partial charge is 0.293 e. The van der Waals surface area contributed by atoms with Crippen LogP contribution in [0.25, 0.3) is 0 Å². The van der Waals surface area contributed by atoms with Gasteiger partial charge in [0.05, 0.1) is 18.6 Å². The van der Waals surface area contributed by atoms with Gasteiger partial charge in [0.15, 0.2) is 0 Å². The molecule has 0 amide bonds. The zero-order chi connectivity index (χ0) is 11.7. The van der Waals surface area contributed by atoms with Crippen LogP contribution in [0.15, 0.2) is 31.5 Å². The molecule has 0 saturated carbocycles. The van der Waals surface area contributed by atoms with Gasteiger partial charge in [-0.2, -0.15) is 0 Å². The molecular formula is C10H8Br2N2OS. The molecule has 16 heavy (non-hydrogen) atoms. The van der Waals surface area contributed by atoms with Gasteiger partial charge in [0.2, 0.25) is 0 Å². The van der Waals surface area contributed by atoms with E-state index in [2.05, 4.69) is 36.8 Å². The Kier molecular flexibility index (Phi) is 3.61. The van der Waals surface area contributed by atoms with Crippen molar-refractivity contribution in [2.45, 2.75) is 13.5 Å². The third kappa shape index (κ3) is 2.28. The standard InChI is InChI=1S/C10H8Br2N2OS/c1-6-9(12)10(15)14(5-13-6)4-8-7(11)2-3-16-8/h2-3,5H,4H2,1H3. The van der Waals surface area contributed by atoms with Gasteiger partial charge in [0.25, 0.3) is 5.56 Å². The number of aromatic nitrogens is 2. The van der Waals surface area contributed by atoms with Gasteiger partial charge in [-0.05, 0) is 50.2 Å². The van der Waals surface area contributed by atoms with Gasteiger partial charge in [0, 0.05) is 9.35 Å². The average molecular weight is 364 g/mol. The summed E-state index contributed by atoms with van der Waals surface area (Å²) >= 11 is 8.31. The van der Waals surface area contributed by atoms with Gasteiger partial charge in [-0.25, -0.2) is 4.98 Å². The SMILES string of the molecule is Cc1ncn(Cc2sccc2Br)c(=O)c1Br. The van der Waals surface area contributed by atoms with Gasteiger partial charge < -0.3 is 0 Å². The van der Waals surface area contributed by atoms with Crippen LogP contribution in [0.3, 0.4) is 0 Å². The van der Waals surface area contributed by atoms with E-state index in [0.29, 0.717) is 16.7 Å². The van der Waals surface area contributed by atoms with E-state index >= 15 is 0 Å². The van der Waals surface area contributed by atoms with Crippen LogP contribution in [-0.2, 0) is 6.54 Å². The number of nitrogens with zero attached hydrogens (tertiary/aromatic N) is 2. The van der Waals surface area contributed by atoms with Crippen LogP contribution in [0.4, 0.5) is 0 Å². The number of hydrogen-bond donors (Lipinski definition) is 0. The first-order chi connectivity index (χ1) is 7.59. The van der Waals surface area contributed by atoms with Crippen molar-refractivity contribution >= 4 is 43.2 Å². The molecule has 0 aliphatic rings. The Balaban J connectivity index is 2.40. The number of thiophene rings is 1. The van der Waals surface area contributed by atoms with E-state index in [4.69, 9.17) is 0 Å². The molecule has 0 atom stereocenters. The van der Waals surface area contributed by atoms with Gasteiger partial charge >= 0.3 is 0 Å². The van der Waals surface area contributed by atoms with Crippen molar-refractivity contribution in [3.05, 3.63) is 47.6 Å². The van der Waals surface area contributed by atoms with Gasteiger partial charge in [-0.1, -0.05) is 0 Å². The van der Waals surface area contributed by atoms with Crippen molar-refractivity contribution in [3.63, 3.8) is 0 Å². The lowest BCUT2D eigenvalue weighted by atomic mass is 10.4. The zero-order valence-corrected chi connectivity index (χ0v) is 12.4. The predicted octanol–water partition coefficient (Wildman–Crippen LogP) is 3.19. The highest BCUT2D eigenvalue weighted by Crippen LogP contribution is 2.23. The molecule has 0 spiro atoms. The minimum Gasteiger partial charge on any atom is -0.293 e. The quantitative estimate of drug-likeness (QED) is 0.821. The summed E-state index contributed by atoms with van der Waals surface area (Å²) in [7, 11) is 0. The number of hydrogen-bond acceptors (Lipinski definition) is 3. The number of halogens is 2. The fraction of sp³-hybridized carbons (Fsp3) is 0.200. The second-order valence-electron chi connectivity index (χ2n) is 3.27. The van der Waals surface area contributed by atoms with Crippen molar-refractivity contribution in [3.8, 4) is 0 Å². The minimum absolute atomic E-state index is 0.0483. The number of rotatable bonds is 2. The van der Waals surface area contributed by atoms with Gasteiger partial charge in [0.1, 0.15) is 4.47 Å². The van der Waals surface area contributed by atoms with E-state index in [9.17, 15) is 4.79 Å². The average Bonchev–Trinajstić information content (AvgIpc) is 2.65. The lowest BCUT2D eigenvalue weighted by molar-refractivity contribution is 0.731. The molecule has 84 valence electrons. The van der Waals surface area contributed by atoms with E-state index in [1.54, 1.807) is 29.2 Å². The summed E-state index contributed by atoms with van der Waals surface area (Å²) < 4.78 is 3.15. The van der Waals surface area contributed by atoms with Gasteiger partial charge in [-0.3, -0.25) is 9.36 Å². The molecule has 0 radical (unpaired) electrons. The molecule has 2 rings (SSSR count). The van der Waals surface area contributed by atoms with Crippen molar-refractivity contribution < 1.29 is 0 Å². The Morgan fingerprint density at radius 3 is 2.88 bits per heavy atom. The Hall–Kier alpha value is -0.460. The van der Waals surface area contributed by atoms with Crippen LogP contribution in [0.5, 0.6) is 0 Å². The maximum Gasteiger partial charge on any atom is 0.268 e. The Morgan fingerprint density at radius 1 is 1.50 bits per heavy atom. The molecule has 0 aliphatic heterocycles. The van der Waals surface area contributed by atoms with Crippen LogP contribution in [0, 0.1) is 6.92 Å². The van der Waals surface area contributed by atoms with Crippen molar-refractivity contribution in [1.82, 2.24) is 9.55 Å². The summed E-state index contributed by atoms with van der Waals surface area (Å²) in [4.78, 5) is 17.2. The maximum atomic E-state index is 11.9. The Bertz CT molecular complexity index is 576. The third-order valence-corrected chi connectivity index (χ3v) is 4.99. The van der Waals surface area contributed by atoms with Crippen LogP contribution < -0.4 is 5.56 Å². The first-order valence-corrected chi connectivity index (χ1v) is 6.99. The van der Waals surface area contributed by atoms with E-state index < -0.39 is 0 Å². The molecule has 0 N–H and O–H groups in total. The summed E-state index contributed by atoms with van der Waals surface area (Å²) in [5, 5.41) is 1.99. The molecule has 2 heterocycles. The fourth-order valence-corrected chi connectivity index (χ4v) is 3.06. The molecular weight excluding hydrogens is 356 g/mol. The van der Waals surface area contributed by atoms with Crippen molar-refractivity contribution in [1.29, 1.82) is 0 Å². The fourth-order valence-electron chi connectivity index (χ4n) is 1.25. The van der Waals surface area contributed by atoms with E-state index in [1.807, 2.05) is 11.4 Å². The summed E-state index contributed by atoms with van der Waals surface area (Å²) in [6.07, 6.45) is 1.58. The summed E-state index contributed by atoms with van der Waals surface area (Å²) in [5.41, 5.74) is 0.666. The van der Waals surface area contributed by atoms with Crippen LogP contribution >= 0.6 is 43.2 Å². The first kappa shape index (κ1) is 12.0. The smallest absolute Gasteiger partial charge is 0.268 e. The highest BCUT2D eigenvalue weighted by atomic mass is 79.9. The summed E-state index contributed by atoms with van der Waals surface area (Å²) in [5.74, 6) is 0. The summed E-state index contributed by atoms with van der Waals surface area (Å²) in [6, 6.07) is 1.97. The predicted molar refractivity (Wildman–Crippen MR) is 72.1 cm³/mol. The normalized spacial score (nSPS) is 10.7. The molecule has 0 saturated heterocycles. The van der Waals surface area contributed by atoms with E-state index in [1.165, 1.54) is 0 Å². The molecule has 0 aromatic carbocycles. The zero-order valence-electron chi connectivity index (χ0n) is 8.41. The second-order valence-corrected chi connectivity index (χ2v) is 5.92. The van der Waals surface area contributed by atoms with Crippen LogP contribution in [0.1, 0.15) is 10.6 Å². The van der Waals surface area contributed by atoms with E-state index in [0.717, 1.165) is 9.35 Å². The molecule has 0 aliphatic carbocycles. The van der Waals surface area contributed by atoms with Crippen molar-refractivity contribution in [2.24, 2.45) is 0 Å². The lowest BCUT2D eigenvalue weighted by Crippen LogP contribution is -2.22. The topological polar surface area (TPSA) is 34.9 Å². The first-order valence-electron chi connectivity index (χ1n) is 4.53. The summed E-state index contributed by atoms with van der Waals surface area (Å²) in [6.45, 7) is 2.35. The maximum absolute atomic E-state index is 11.9. The molecule has 2 aromatic heterocycles. The lowest BCUT2D eigenvalue weighted by Gasteiger charge is -2.05. The van der Waals surface area contributed by atoms with Crippen molar-refractivity contribution in [2.75, 3.05) is 0 Å². The van der Waals surface area contributed by atoms with Crippen LogP contribution in [0.2, 0.25) is 0 Å². The molecule has 0 bridgehead atoms. The Labute approximate surface area is 113 Å². The van der Waals surface area contributed by atoms with Gasteiger partial charge in [-0.15, -0.1) is 11.3 Å².